The maximum atomic E-state index is 12.7. The molecule has 0 spiro atoms. The van der Waals surface area contributed by atoms with Crippen LogP contribution < -0.4 is 20.7 Å². The lowest BCUT2D eigenvalue weighted by molar-refractivity contribution is -0.384. The number of nitrogens with one attached hydrogen (secondary N) is 3. The summed E-state index contributed by atoms with van der Waals surface area (Å²) in [6.45, 7) is 0.297. The first-order valence-electron chi connectivity index (χ1n) is 9.40. The Bertz CT molecular complexity index is 965. The maximum Gasteiger partial charge on any atom is 0.416 e. The van der Waals surface area contributed by atoms with E-state index in [1.54, 1.807) is 24.3 Å². The summed E-state index contributed by atoms with van der Waals surface area (Å²) < 4.78 is 43.2. The number of hydrogen-bond acceptors (Lipinski definition) is 6. The van der Waals surface area contributed by atoms with Crippen LogP contribution in [0.1, 0.15) is 22.3 Å². The zero-order valence-electron chi connectivity index (χ0n) is 17.0. The number of nitrogens with zero attached hydrogens (tertiary/aromatic N) is 1. The molecule has 32 heavy (non-hydrogen) atoms. The number of anilines is 1. The number of rotatable bonds is 10. The van der Waals surface area contributed by atoms with E-state index in [0.29, 0.717) is 17.4 Å². The fourth-order valence-corrected chi connectivity index (χ4v) is 2.63. The zero-order valence-corrected chi connectivity index (χ0v) is 17.0. The number of carbonyl (C=O) groups excluding carboxylic acids is 2. The number of nitro groups is 1. The van der Waals surface area contributed by atoms with Crippen LogP contribution in [-0.2, 0) is 11.0 Å². The lowest BCUT2D eigenvalue weighted by atomic mass is 10.1. The Kier molecular flexibility index (Phi) is 8.38. The van der Waals surface area contributed by atoms with Crippen molar-refractivity contribution in [2.24, 2.45) is 0 Å². The number of benzene rings is 2. The molecule has 0 saturated carbocycles. The lowest BCUT2D eigenvalue weighted by Crippen LogP contribution is -2.35. The molecule has 0 aliphatic heterocycles. The highest BCUT2D eigenvalue weighted by Gasteiger charge is 2.33. The van der Waals surface area contributed by atoms with Crippen LogP contribution in [0.3, 0.4) is 0 Å². The molecule has 2 rings (SSSR count). The molecule has 12 heteroatoms. The highest BCUT2D eigenvalue weighted by atomic mass is 19.4. The number of alkyl halides is 3. The Morgan fingerprint density at radius 2 is 1.69 bits per heavy atom. The monoisotopic (exact) mass is 454 g/mol. The molecule has 2 amide bonds. The van der Waals surface area contributed by atoms with Crippen molar-refractivity contribution in [1.29, 1.82) is 0 Å². The Morgan fingerprint density at radius 1 is 1.03 bits per heavy atom. The highest BCUT2D eigenvalue weighted by molar-refractivity contribution is 5.94. The van der Waals surface area contributed by atoms with Crippen molar-refractivity contribution < 1.29 is 32.4 Å². The summed E-state index contributed by atoms with van der Waals surface area (Å²) in [6.07, 6.45) is -4.78. The van der Waals surface area contributed by atoms with Crippen LogP contribution in [0.25, 0.3) is 0 Å². The van der Waals surface area contributed by atoms with Crippen LogP contribution in [0.15, 0.2) is 42.5 Å². The van der Waals surface area contributed by atoms with E-state index >= 15 is 0 Å². The minimum atomic E-state index is -4.70. The van der Waals surface area contributed by atoms with E-state index in [-0.39, 0.29) is 37.6 Å². The van der Waals surface area contributed by atoms with Crippen molar-refractivity contribution >= 4 is 23.2 Å². The van der Waals surface area contributed by atoms with Crippen LogP contribution in [0, 0.1) is 10.1 Å². The average Bonchev–Trinajstić information content (AvgIpc) is 2.76. The van der Waals surface area contributed by atoms with Gasteiger partial charge in [0.15, 0.2) is 0 Å². The Balaban J connectivity index is 1.74. The summed E-state index contributed by atoms with van der Waals surface area (Å²) in [5.41, 5.74) is -1.56. The number of halogens is 3. The molecule has 0 bridgehead atoms. The molecular weight excluding hydrogens is 433 g/mol. The van der Waals surface area contributed by atoms with E-state index in [2.05, 4.69) is 16.0 Å². The maximum absolute atomic E-state index is 12.7. The number of hydrogen-bond donors (Lipinski definition) is 3. The normalized spacial score (nSPS) is 10.9. The van der Waals surface area contributed by atoms with Gasteiger partial charge in [-0.1, -0.05) is 0 Å². The molecule has 172 valence electrons. The third kappa shape index (κ3) is 7.15. The van der Waals surface area contributed by atoms with Crippen LogP contribution in [0.5, 0.6) is 5.75 Å². The zero-order chi connectivity index (χ0) is 23.7. The Labute approximate surface area is 181 Å². The van der Waals surface area contributed by atoms with Crippen molar-refractivity contribution in [1.82, 2.24) is 10.6 Å². The van der Waals surface area contributed by atoms with Gasteiger partial charge in [0.1, 0.15) is 11.4 Å². The van der Waals surface area contributed by atoms with Gasteiger partial charge in [-0.3, -0.25) is 19.7 Å². The molecule has 3 N–H and O–H groups in total. The van der Waals surface area contributed by atoms with Gasteiger partial charge in [-0.15, -0.1) is 0 Å². The van der Waals surface area contributed by atoms with Crippen LogP contribution in [0.2, 0.25) is 0 Å². The number of carbonyl (C=O) groups is 2. The number of nitro benzene ring substituents is 1. The van der Waals surface area contributed by atoms with Gasteiger partial charge in [0, 0.05) is 37.7 Å². The second kappa shape index (κ2) is 11.0. The molecule has 2 aromatic carbocycles. The van der Waals surface area contributed by atoms with Gasteiger partial charge in [-0.2, -0.15) is 13.2 Å². The van der Waals surface area contributed by atoms with Crippen molar-refractivity contribution in [3.63, 3.8) is 0 Å². The molecule has 0 aliphatic carbocycles. The van der Waals surface area contributed by atoms with Gasteiger partial charge in [0.05, 0.1) is 17.6 Å². The standard InChI is InChI=1S/C20H21F3N4O5/c1-32-15-5-2-13(3-6-15)19(29)26-11-10-25-18(28)8-9-24-16-7-4-14(20(21,22)23)12-17(16)27(30)31/h2-7,12,24H,8-11H2,1H3,(H,25,28)(H,26,29). The van der Waals surface area contributed by atoms with Gasteiger partial charge in [-0.25, -0.2) is 0 Å². The molecule has 0 unspecified atom stereocenters. The summed E-state index contributed by atoms with van der Waals surface area (Å²) in [5, 5.41) is 18.8. The van der Waals surface area contributed by atoms with Crippen LogP contribution in [0.4, 0.5) is 24.5 Å². The molecule has 0 aliphatic rings. The first kappa shape index (κ1) is 24.4. The van der Waals surface area contributed by atoms with E-state index < -0.39 is 28.3 Å². The molecule has 0 aromatic heterocycles. The molecule has 0 fully saturated rings. The lowest BCUT2D eigenvalue weighted by Gasteiger charge is -2.11. The highest BCUT2D eigenvalue weighted by Crippen LogP contribution is 2.34. The topological polar surface area (TPSA) is 123 Å². The van der Waals surface area contributed by atoms with E-state index in [1.807, 2.05) is 0 Å². The molecular formula is C20H21F3N4O5. The third-order valence-corrected chi connectivity index (χ3v) is 4.27. The fraction of sp³-hybridized carbons (Fsp3) is 0.300. The van der Waals surface area contributed by atoms with Gasteiger partial charge in [-0.05, 0) is 36.4 Å². The van der Waals surface area contributed by atoms with E-state index in [4.69, 9.17) is 4.74 Å². The summed E-state index contributed by atoms with van der Waals surface area (Å²) in [7, 11) is 1.51. The first-order valence-corrected chi connectivity index (χ1v) is 9.40. The van der Waals surface area contributed by atoms with Crippen molar-refractivity contribution in [3.8, 4) is 5.75 Å². The second-order valence-corrected chi connectivity index (χ2v) is 6.50. The summed E-state index contributed by atoms with van der Waals surface area (Å²) in [6, 6.07) is 8.59. The summed E-state index contributed by atoms with van der Waals surface area (Å²) in [5.74, 6) is -0.104. The quantitative estimate of drug-likeness (QED) is 0.288. The second-order valence-electron chi connectivity index (χ2n) is 6.50. The Morgan fingerprint density at radius 3 is 2.28 bits per heavy atom. The van der Waals surface area contributed by atoms with Crippen molar-refractivity contribution in [3.05, 3.63) is 63.7 Å². The van der Waals surface area contributed by atoms with Crippen molar-refractivity contribution in [2.45, 2.75) is 12.6 Å². The minimum absolute atomic E-state index is 0.0315. The third-order valence-electron chi connectivity index (χ3n) is 4.27. The van der Waals surface area contributed by atoms with Gasteiger partial charge in [0.2, 0.25) is 5.91 Å². The average molecular weight is 454 g/mol. The van der Waals surface area contributed by atoms with Gasteiger partial charge < -0.3 is 20.7 Å². The predicted octanol–water partition coefficient (Wildman–Crippen LogP) is 2.97. The largest absolute Gasteiger partial charge is 0.497 e. The molecule has 0 saturated heterocycles. The van der Waals surface area contributed by atoms with E-state index in [0.717, 1.165) is 12.1 Å². The molecule has 0 atom stereocenters. The fourth-order valence-electron chi connectivity index (χ4n) is 2.63. The summed E-state index contributed by atoms with van der Waals surface area (Å²) >= 11 is 0. The van der Waals surface area contributed by atoms with Crippen LogP contribution >= 0.6 is 0 Å². The van der Waals surface area contributed by atoms with E-state index in [1.165, 1.54) is 7.11 Å². The molecule has 0 heterocycles. The number of ether oxygens (including phenoxy) is 1. The molecule has 0 radical (unpaired) electrons. The number of amides is 2. The van der Waals surface area contributed by atoms with Crippen LogP contribution in [-0.4, -0.2) is 43.5 Å². The van der Waals surface area contributed by atoms with Crippen molar-refractivity contribution in [2.75, 3.05) is 32.1 Å². The summed E-state index contributed by atoms with van der Waals surface area (Å²) in [4.78, 5) is 34.0. The Hall–Kier alpha value is -3.83. The first-order chi connectivity index (χ1) is 15.1. The molecule has 2 aromatic rings. The smallest absolute Gasteiger partial charge is 0.416 e. The van der Waals surface area contributed by atoms with Gasteiger partial charge >= 0.3 is 6.18 Å². The van der Waals surface area contributed by atoms with E-state index in [9.17, 15) is 32.9 Å². The minimum Gasteiger partial charge on any atom is -0.497 e. The molecule has 9 nitrogen and oxygen atoms in total. The predicted molar refractivity (Wildman–Crippen MR) is 110 cm³/mol. The SMILES string of the molecule is COc1ccc(C(=O)NCCNC(=O)CCNc2ccc(C(F)(F)F)cc2[N+](=O)[O-])cc1. The van der Waals surface area contributed by atoms with Gasteiger partial charge in [0.25, 0.3) is 11.6 Å². The number of methoxy groups -OCH3 is 1.